The number of imidazole rings is 1. The Balaban J connectivity index is 2.46. The summed E-state index contributed by atoms with van der Waals surface area (Å²) in [6, 6.07) is 3.86. The Morgan fingerprint density at radius 1 is 1.50 bits per heavy atom. The molecule has 2 heterocycles. The molecule has 0 spiro atoms. The molecular weight excluding hydrogens is 152 g/mol. The van der Waals surface area contributed by atoms with Crippen LogP contribution in [0.3, 0.4) is 0 Å². The van der Waals surface area contributed by atoms with Crippen LogP contribution in [0, 0.1) is 0 Å². The zero-order valence-corrected chi connectivity index (χ0v) is 6.86. The summed E-state index contributed by atoms with van der Waals surface area (Å²) in [5, 5.41) is 7.40. The largest absolute Gasteiger partial charge is 0.369 e. The Morgan fingerprint density at radius 2 is 2.42 bits per heavy atom. The smallest absolute Gasteiger partial charge is 0.153 e. The maximum Gasteiger partial charge on any atom is 0.153 e. The third kappa shape index (κ3) is 1.11. The standard InChI is InChI=1S/C8H10N4/c1-2-9-7-3-4-8-10-5-6-12(8)11-7/h3-6H,2H2,1H3,(H,9,11). The molecule has 2 rings (SSSR count). The van der Waals surface area contributed by atoms with Crippen molar-refractivity contribution in [2.45, 2.75) is 6.92 Å². The van der Waals surface area contributed by atoms with Crippen LogP contribution in [0.2, 0.25) is 0 Å². The van der Waals surface area contributed by atoms with Crippen LogP contribution in [0.4, 0.5) is 5.82 Å². The molecule has 62 valence electrons. The number of hydrogen-bond acceptors (Lipinski definition) is 3. The van der Waals surface area contributed by atoms with E-state index >= 15 is 0 Å². The number of fused-ring (bicyclic) bond motifs is 1. The quantitative estimate of drug-likeness (QED) is 0.720. The SMILES string of the molecule is CCNc1ccc2nccn2n1. The van der Waals surface area contributed by atoms with Gasteiger partial charge in [0.25, 0.3) is 0 Å². The molecular formula is C8H10N4. The summed E-state index contributed by atoms with van der Waals surface area (Å²) >= 11 is 0. The lowest BCUT2D eigenvalue weighted by atomic mass is 10.5. The molecule has 0 aliphatic rings. The molecule has 0 saturated heterocycles. The monoisotopic (exact) mass is 162 g/mol. The zero-order chi connectivity index (χ0) is 8.39. The molecule has 12 heavy (non-hydrogen) atoms. The maximum absolute atomic E-state index is 4.27. The van der Waals surface area contributed by atoms with Crippen molar-refractivity contribution in [1.29, 1.82) is 0 Å². The van der Waals surface area contributed by atoms with E-state index in [-0.39, 0.29) is 0 Å². The molecule has 2 aromatic rings. The lowest BCUT2D eigenvalue weighted by Crippen LogP contribution is -2.01. The first-order chi connectivity index (χ1) is 5.90. The van der Waals surface area contributed by atoms with Crippen LogP contribution in [0.5, 0.6) is 0 Å². The average Bonchev–Trinajstić information content (AvgIpc) is 2.51. The number of anilines is 1. The molecule has 0 aromatic carbocycles. The van der Waals surface area contributed by atoms with Crippen molar-refractivity contribution >= 4 is 11.5 Å². The molecule has 0 amide bonds. The highest BCUT2D eigenvalue weighted by Crippen LogP contribution is 2.03. The Hall–Kier alpha value is -1.58. The van der Waals surface area contributed by atoms with Crippen molar-refractivity contribution in [3.8, 4) is 0 Å². The molecule has 0 aliphatic carbocycles. The van der Waals surface area contributed by atoms with Gasteiger partial charge in [-0.1, -0.05) is 0 Å². The van der Waals surface area contributed by atoms with E-state index in [2.05, 4.69) is 15.4 Å². The van der Waals surface area contributed by atoms with Crippen LogP contribution < -0.4 is 5.32 Å². The van der Waals surface area contributed by atoms with Gasteiger partial charge in [0.1, 0.15) is 5.82 Å². The summed E-state index contributed by atoms with van der Waals surface area (Å²) in [4.78, 5) is 4.09. The van der Waals surface area contributed by atoms with E-state index < -0.39 is 0 Å². The lowest BCUT2D eigenvalue weighted by molar-refractivity contribution is 0.930. The number of nitrogens with one attached hydrogen (secondary N) is 1. The van der Waals surface area contributed by atoms with Crippen LogP contribution in [0.15, 0.2) is 24.5 Å². The Morgan fingerprint density at radius 3 is 3.25 bits per heavy atom. The van der Waals surface area contributed by atoms with E-state index in [1.54, 1.807) is 10.7 Å². The molecule has 0 bridgehead atoms. The van der Waals surface area contributed by atoms with Crippen LogP contribution in [0.25, 0.3) is 5.65 Å². The van der Waals surface area contributed by atoms with Gasteiger partial charge < -0.3 is 5.32 Å². The van der Waals surface area contributed by atoms with Crippen molar-refractivity contribution in [3.63, 3.8) is 0 Å². The first-order valence-corrected chi connectivity index (χ1v) is 3.94. The molecule has 2 aromatic heterocycles. The summed E-state index contributed by atoms with van der Waals surface area (Å²) < 4.78 is 1.75. The number of nitrogens with zero attached hydrogens (tertiary/aromatic N) is 3. The first-order valence-electron chi connectivity index (χ1n) is 3.94. The minimum absolute atomic E-state index is 0.872. The van der Waals surface area contributed by atoms with E-state index in [1.165, 1.54) is 0 Å². The first kappa shape index (κ1) is 7.09. The molecule has 0 fully saturated rings. The topological polar surface area (TPSA) is 42.2 Å². The average molecular weight is 162 g/mol. The Labute approximate surface area is 70.2 Å². The lowest BCUT2D eigenvalue weighted by Gasteiger charge is -2.00. The fraction of sp³-hybridized carbons (Fsp3) is 0.250. The van der Waals surface area contributed by atoms with E-state index in [4.69, 9.17) is 0 Å². The van der Waals surface area contributed by atoms with Crippen molar-refractivity contribution in [1.82, 2.24) is 14.6 Å². The van der Waals surface area contributed by atoms with Crippen molar-refractivity contribution < 1.29 is 0 Å². The fourth-order valence-electron chi connectivity index (χ4n) is 1.09. The summed E-state index contributed by atoms with van der Waals surface area (Å²) in [6.07, 6.45) is 3.56. The van der Waals surface area contributed by atoms with Crippen molar-refractivity contribution in [2.24, 2.45) is 0 Å². The number of aromatic nitrogens is 3. The van der Waals surface area contributed by atoms with E-state index in [1.807, 2.05) is 25.3 Å². The maximum atomic E-state index is 4.27. The van der Waals surface area contributed by atoms with Gasteiger partial charge in [-0.25, -0.2) is 9.50 Å². The molecule has 0 aliphatic heterocycles. The highest BCUT2D eigenvalue weighted by molar-refractivity contribution is 5.43. The molecule has 0 unspecified atom stereocenters. The molecule has 0 radical (unpaired) electrons. The van der Waals surface area contributed by atoms with Crippen molar-refractivity contribution in [2.75, 3.05) is 11.9 Å². The van der Waals surface area contributed by atoms with Gasteiger partial charge in [-0.3, -0.25) is 0 Å². The minimum Gasteiger partial charge on any atom is -0.369 e. The highest BCUT2D eigenvalue weighted by atomic mass is 15.3. The van der Waals surface area contributed by atoms with Gasteiger partial charge in [0, 0.05) is 18.9 Å². The Bertz CT molecular complexity index is 379. The predicted octanol–water partition coefficient (Wildman–Crippen LogP) is 1.16. The second-order valence-electron chi connectivity index (χ2n) is 2.48. The zero-order valence-electron chi connectivity index (χ0n) is 6.86. The summed E-state index contributed by atoms with van der Waals surface area (Å²) in [7, 11) is 0. The van der Waals surface area contributed by atoms with Gasteiger partial charge >= 0.3 is 0 Å². The van der Waals surface area contributed by atoms with Crippen LogP contribution in [0.1, 0.15) is 6.92 Å². The molecule has 4 heteroatoms. The second-order valence-corrected chi connectivity index (χ2v) is 2.48. The highest BCUT2D eigenvalue weighted by Gasteiger charge is 1.95. The predicted molar refractivity (Wildman–Crippen MR) is 47.2 cm³/mol. The molecule has 0 saturated carbocycles. The molecule has 0 atom stereocenters. The van der Waals surface area contributed by atoms with Crippen LogP contribution in [-0.2, 0) is 0 Å². The minimum atomic E-state index is 0.872. The number of hydrogen-bond donors (Lipinski definition) is 1. The molecule has 4 nitrogen and oxygen atoms in total. The van der Waals surface area contributed by atoms with Crippen LogP contribution in [-0.4, -0.2) is 21.1 Å². The molecule has 1 N–H and O–H groups in total. The van der Waals surface area contributed by atoms with Gasteiger partial charge in [-0.05, 0) is 19.1 Å². The van der Waals surface area contributed by atoms with Gasteiger partial charge in [-0.2, -0.15) is 0 Å². The normalized spacial score (nSPS) is 10.4. The summed E-state index contributed by atoms with van der Waals surface area (Å²) in [6.45, 7) is 2.92. The van der Waals surface area contributed by atoms with Gasteiger partial charge in [0.2, 0.25) is 0 Å². The van der Waals surface area contributed by atoms with E-state index in [0.717, 1.165) is 18.0 Å². The van der Waals surface area contributed by atoms with Crippen molar-refractivity contribution in [3.05, 3.63) is 24.5 Å². The third-order valence-electron chi connectivity index (χ3n) is 1.61. The van der Waals surface area contributed by atoms with Crippen LogP contribution >= 0.6 is 0 Å². The third-order valence-corrected chi connectivity index (χ3v) is 1.61. The Kier molecular flexibility index (Phi) is 1.66. The van der Waals surface area contributed by atoms with E-state index in [9.17, 15) is 0 Å². The van der Waals surface area contributed by atoms with Gasteiger partial charge in [0.05, 0.1) is 0 Å². The summed E-state index contributed by atoms with van der Waals surface area (Å²) in [5.41, 5.74) is 0.872. The number of rotatable bonds is 2. The van der Waals surface area contributed by atoms with Gasteiger partial charge in [0.15, 0.2) is 5.65 Å². The van der Waals surface area contributed by atoms with E-state index in [0.29, 0.717) is 0 Å². The second kappa shape index (κ2) is 2.81. The summed E-state index contributed by atoms with van der Waals surface area (Å²) in [5.74, 6) is 0.878. The van der Waals surface area contributed by atoms with Gasteiger partial charge in [-0.15, -0.1) is 5.10 Å². The fourth-order valence-corrected chi connectivity index (χ4v) is 1.09.